The fourth-order valence-corrected chi connectivity index (χ4v) is 15.1. The molecular formula is C85H124N24O24S2. The predicted octanol–water partition coefficient (Wildman–Crippen LogP) is -7.40. The summed E-state index contributed by atoms with van der Waals surface area (Å²) in [6.07, 6.45) is 0.661. The number of nitrogens with zero attached hydrogens (tertiary/aromatic N) is 4. The Morgan fingerprint density at radius 3 is 1.42 bits per heavy atom. The number of aromatic amines is 1. The molecule has 31 N–H and O–H groups in total. The summed E-state index contributed by atoms with van der Waals surface area (Å²) in [7, 11) is 0. The molecule has 0 unspecified atom stereocenters. The maximum atomic E-state index is 14.9. The van der Waals surface area contributed by atoms with Crippen LogP contribution in [0.15, 0.2) is 85.3 Å². The Morgan fingerprint density at radius 2 is 0.926 bits per heavy atom. The van der Waals surface area contributed by atoms with Crippen molar-refractivity contribution in [2.75, 3.05) is 63.9 Å². The highest BCUT2D eigenvalue weighted by Gasteiger charge is 2.43. The Labute approximate surface area is 787 Å². The van der Waals surface area contributed by atoms with Gasteiger partial charge in [-0.2, -0.15) is 25.3 Å². The van der Waals surface area contributed by atoms with Gasteiger partial charge < -0.3 is 148 Å². The second-order valence-corrected chi connectivity index (χ2v) is 33.2. The lowest BCUT2D eigenvalue weighted by molar-refractivity contribution is -0.150. The Balaban J connectivity index is 1.15. The number of carbonyl (C=O) groups excluding carboxylic acids is 16. The number of carboxylic acid groups (broad SMARTS) is 2. The van der Waals surface area contributed by atoms with Crippen molar-refractivity contribution in [1.29, 1.82) is 5.41 Å². The van der Waals surface area contributed by atoms with E-state index >= 15 is 0 Å². The van der Waals surface area contributed by atoms with Crippen molar-refractivity contribution in [2.24, 2.45) is 28.7 Å². The van der Waals surface area contributed by atoms with Gasteiger partial charge in [-0.25, -0.2) is 9.78 Å². The Hall–Kier alpha value is -13.5. The summed E-state index contributed by atoms with van der Waals surface area (Å²) in [4.78, 5) is 260. The molecule has 740 valence electrons. The van der Waals surface area contributed by atoms with Gasteiger partial charge in [0.1, 0.15) is 102 Å². The Kier molecular flexibility index (Phi) is 45.7. The third-order valence-corrected chi connectivity index (χ3v) is 22.8. The molecule has 3 heterocycles. The third-order valence-electron chi connectivity index (χ3n) is 22.0. The average Bonchev–Trinajstić information content (AvgIpc) is 1.56. The summed E-state index contributed by atoms with van der Waals surface area (Å²) < 4.78 is 0. The molecule has 0 radical (unpaired) electrons. The van der Waals surface area contributed by atoms with Crippen molar-refractivity contribution in [3.05, 3.63) is 108 Å². The molecule has 50 heteroatoms. The number of phenolic OH excluding ortho intramolecular Hbond substituents is 3. The number of nitrogens with two attached hydrogens (primary N) is 5. The van der Waals surface area contributed by atoms with Gasteiger partial charge in [0, 0.05) is 81.7 Å². The number of carbonyl (C=O) groups is 18. The first kappa shape index (κ1) is 110. The number of guanidine groups is 1. The topological polar surface area (TPSA) is 777 Å². The zero-order valence-electron chi connectivity index (χ0n) is 74.6. The summed E-state index contributed by atoms with van der Waals surface area (Å²) in [6.45, 7) is 0.238. The number of H-pyrrole nitrogens is 1. The molecule has 4 aromatic rings. The number of imidazole rings is 1. The number of likely N-dealkylation sites (tertiary alicyclic amines) is 2. The van der Waals surface area contributed by atoms with Crippen molar-refractivity contribution in [2.45, 2.75) is 220 Å². The van der Waals surface area contributed by atoms with Gasteiger partial charge in [-0.05, 0) is 163 Å². The fourth-order valence-electron chi connectivity index (χ4n) is 14.6. The van der Waals surface area contributed by atoms with Crippen LogP contribution in [0.3, 0.4) is 0 Å². The van der Waals surface area contributed by atoms with Gasteiger partial charge in [-0.1, -0.05) is 36.4 Å². The molecule has 6 rings (SSSR count). The SMILES string of the molecule is C[C@H](NC(=O)[C@H](Cc1cnc[nH]1)NC(=O)[C@@H](N)Cc1ccc(O)cc1)C(=O)N[C@@H](CS)C(=O)N[C@@H](CO)C(=O)N[C@@H](C)C(=O)N1CCC[C@H]1C(=O)N[C@@H](CCN)C(=O)N[C@@H](CCCNC(=N)N)C(=O)N[C@@H](Cc1ccc(O)cc1)C(=O)N[C@@H](CS)C(=O)N[C@@H](Cc1ccc(O)cc1)C(=O)N[C@@H](CCC(N)=O)C(=O)N[C@@H](CCCCN)C(=O)N(CCCC(=O)O)CC(=O)N1CCC[C@H]1C(=O)O. The molecule has 2 aliphatic rings. The molecule has 1 aromatic heterocycles. The molecule has 15 atom stereocenters. The second kappa shape index (κ2) is 55.9. The number of rotatable bonds is 57. The number of benzene rings is 3. The molecule has 2 saturated heterocycles. The fraction of sp³-hybridized carbons (Fsp3) is 0.529. The van der Waals surface area contributed by atoms with Crippen molar-refractivity contribution in [1.82, 2.24) is 93.8 Å². The first-order valence-corrected chi connectivity index (χ1v) is 45.1. The Morgan fingerprint density at radius 1 is 0.489 bits per heavy atom. The van der Waals surface area contributed by atoms with Crippen LogP contribution in [0.25, 0.3) is 0 Å². The number of aliphatic hydroxyl groups is 1. The van der Waals surface area contributed by atoms with Crippen molar-refractivity contribution in [3.8, 4) is 17.2 Å². The smallest absolute Gasteiger partial charge is 0.326 e. The summed E-state index contributed by atoms with van der Waals surface area (Å²) in [5.41, 5.74) is 30.7. The number of nitrogens with one attached hydrogen (secondary N) is 15. The highest BCUT2D eigenvalue weighted by Crippen LogP contribution is 2.23. The van der Waals surface area contributed by atoms with Crippen molar-refractivity contribution < 1.29 is 117 Å². The van der Waals surface area contributed by atoms with Crippen LogP contribution < -0.4 is 97.8 Å². The van der Waals surface area contributed by atoms with E-state index in [2.05, 4.69) is 104 Å². The number of phenols is 3. The Bertz CT molecular complexity index is 4740. The van der Waals surface area contributed by atoms with E-state index in [1.807, 2.05) is 0 Å². The number of amides is 16. The van der Waals surface area contributed by atoms with Gasteiger partial charge >= 0.3 is 11.9 Å². The van der Waals surface area contributed by atoms with E-state index in [1.165, 1.54) is 87.0 Å². The largest absolute Gasteiger partial charge is 0.508 e. The molecule has 2 fully saturated rings. The van der Waals surface area contributed by atoms with Crippen LogP contribution in [-0.2, 0) is 112 Å². The monoisotopic (exact) mass is 1930 g/mol. The normalized spacial score (nSPS) is 16.2. The van der Waals surface area contributed by atoms with Gasteiger partial charge in [0.2, 0.25) is 94.5 Å². The van der Waals surface area contributed by atoms with E-state index in [-0.39, 0.29) is 127 Å². The number of aromatic hydroxyl groups is 3. The number of aliphatic hydroxyl groups excluding tert-OH is 1. The van der Waals surface area contributed by atoms with Crippen molar-refractivity contribution in [3.63, 3.8) is 0 Å². The molecule has 0 saturated carbocycles. The summed E-state index contributed by atoms with van der Waals surface area (Å²) >= 11 is 8.55. The molecule has 3 aromatic carbocycles. The second-order valence-electron chi connectivity index (χ2n) is 32.5. The summed E-state index contributed by atoms with van der Waals surface area (Å²) in [5, 5.41) is 100. The van der Waals surface area contributed by atoms with Crippen LogP contribution in [0, 0.1) is 5.41 Å². The van der Waals surface area contributed by atoms with Crippen LogP contribution in [0.1, 0.15) is 126 Å². The number of hydrogen-bond acceptors (Lipinski definition) is 29. The van der Waals surface area contributed by atoms with Gasteiger partial charge in [0.05, 0.1) is 25.5 Å². The van der Waals surface area contributed by atoms with E-state index in [9.17, 15) is 117 Å². The lowest BCUT2D eigenvalue weighted by atomic mass is 10.0. The van der Waals surface area contributed by atoms with Crippen LogP contribution in [0.2, 0.25) is 0 Å². The van der Waals surface area contributed by atoms with Crippen LogP contribution in [-0.4, -0.2) is 322 Å². The molecule has 0 spiro atoms. The van der Waals surface area contributed by atoms with Crippen LogP contribution in [0.5, 0.6) is 17.2 Å². The lowest BCUT2D eigenvalue weighted by Gasteiger charge is -2.31. The molecular weight excluding hydrogens is 1810 g/mol. The number of carboxylic acids is 2. The van der Waals surface area contributed by atoms with Crippen LogP contribution in [0.4, 0.5) is 0 Å². The quantitative estimate of drug-likeness (QED) is 0.00845. The van der Waals surface area contributed by atoms with E-state index in [4.69, 9.17) is 34.1 Å². The summed E-state index contributed by atoms with van der Waals surface area (Å²) in [5.74, 6) is -19.7. The van der Waals surface area contributed by atoms with E-state index in [1.54, 1.807) is 12.1 Å². The minimum absolute atomic E-state index is 0.00454. The molecule has 135 heavy (non-hydrogen) atoms. The lowest BCUT2D eigenvalue weighted by Crippen LogP contribution is -2.61. The van der Waals surface area contributed by atoms with Gasteiger partial charge in [0.15, 0.2) is 5.96 Å². The number of aromatic nitrogens is 2. The van der Waals surface area contributed by atoms with Gasteiger partial charge in [0.25, 0.3) is 0 Å². The van der Waals surface area contributed by atoms with Gasteiger partial charge in [-0.3, -0.25) is 86.9 Å². The average molecular weight is 1930 g/mol. The number of hydrogen-bond donors (Lipinski definition) is 28. The number of unbranched alkanes of at least 4 members (excludes halogenated alkanes) is 1. The van der Waals surface area contributed by atoms with E-state index in [0.717, 1.165) is 14.7 Å². The zero-order valence-corrected chi connectivity index (χ0v) is 76.4. The number of thiol groups is 2. The standard InChI is InChI=1S/C85H124N24O24S2/c1-45(95-75(123)61(38-50-39-92-44-94-50)101-71(119)54(88)35-47-14-20-51(111)21-15-47)70(118)105-63(42-134)80(128)104-62(41-110)78(126)96-46(2)82(130)109-34-6-11-65(109)81(129)99-57(28-30-87)74(122)97-55(10-5-31-93-85(90)91)72(120)102-60(37-49-18-24-53(113)25-19-49)77(125)106-64(43-135)79(127)103-59(36-48-16-22-52(112)23-17-48)76(124)98-56(26-27-67(89)114)73(121)100-58(9-3-4-29-86)83(131)107(32-8-13-69(116)117)40-68(115)108-33-7-12-66(108)84(132)133/h14-25,39,44-46,54-66,110-113,134-135H,3-13,26-38,40-43,86-88H2,1-2H3,(H2,89,114)(H,92,94)(H,95,123)(H,96,126)(H,97,122)(H,98,124)(H,99,129)(H,100,121)(H,101,119)(H,102,120)(H,103,127)(H,104,128)(H,105,118)(H,106,125)(H,116,117)(H,132,133)(H4,90,91,93)/t45-,46-,54-,55-,56-,57-,58-,59-,60-,61-,62-,63-,64-,65-,66-/m0/s1. The van der Waals surface area contributed by atoms with Gasteiger partial charge in [-0.15, -0.1) is 0 Å². The zero-order chi connectivity index (χ0) is 99.7. The first-order valence-electron chi connectivity index (χ1n) is 43.8. The number of aliphatic carboxylic acids is 2. The first-order chi connectivity index (χ1) is 64.2. The minimum atomic E-state index is -1.77. The van der Waals surface area contributed by atoms with Crippen molar-refractivity contribution >= 4 is 138 Å². The highest BCUT2D eigenvalue weighted by atomic mass is 32.1. The summed E-state index contributed by atoms with van der Waals surface area (Å²) in [6, 6.07) is -6.00. The molecule has 16 amide bonds. The third kappa shape index (κ3) is 36.5. The minimum Gasteiger partial charge on any atom is -0.508 e. The van der Waals surface area contributed by atoms with Crippen LogP contribution >= 0.6 is 25.3 Å². The molecule has 48 nitrogen and oxygen atoms in total. The highest BCUT2D eigenvalue weighted by molar-refractivity contribution is 7.80. The molecule has 2 aliphatic heterocycles. The molecule has 0 aliphatic carbocycles. The number of primary amides is 1. The van der Waals surface area contributed by atoms with E-state index < -0.39 is 260 Å². The van der Waals surface area contributed by atoms with E-state index in [0.29, 0.717) is 35.2 Å². The predicted molar refractivity (Wildman–Crippen MR) is 490 cm³/mol. The maximum Gasteiger partial charge on any atom is 0.326 e. The molecule has 0 bridgehead atoms. The maximum absolute atomic E-state index is 14.9.